The van der Waals surface area contributed by atoms with E-state index in [9.17, 15) is 22.8 Å². The maximum absolute atomic E-state index is 13.2. The lowest BCUT2D eigenvalue weighted by Gasteiger charge is -2.29. The molecule has 0 aliphatic carbocycles. The Labute approximate surface area is 192 Å². The topological polar surface area (TPSA) is 65.1 Å². The lowest BCUT2D eigenvalue weighted by atomic mass is 10.1. The van der Waals surface area contributed by atoms with Gasteiger partial charge in [-0.05, 0) is 43.7 Å². The number of benzene rings is 1. The summed E-state index contributed by atoms with van der Waals surface area (Å²) in [7, 11) is 0. The highest BCUT2D eigenvalue weighted by molar-refractivity contribution is 5.94. The first-order chi connectivity index (χ1) is 16.2. The predicted molar refractivity (Wildman–Crippen MR) is 120 cm³/mol. The number of aromatic nitrogens is 4. The summed E-state index contributed by atoms with van der Waals surface area (Å²) < 4.78 is 44.5. The number of fused-ring (bicyclic) bond motifs is 2. The SMILES string of the molecule is CCn1cc(CN2CCn3c(ccc(-n4cnc(C)c4)c3=O)C2=O)c2ccc(C(F)(F)F)cc21. The summed E-state index contributed by atoms with van der Waals surface area (Å²) in [5.74, 6) is -0.291. The number of imidazole rings is 1. The van der Waals surface area contributed by atoms with E-state index in [4.69, 9.17) is 0 Å². The first-order valence-electron chi connectivity index (χ1n) is 10.9. The smallest absolute Gasteiger partial charge is 0.347 e. The number of nitrogens with zero attached hydrogens (tertiary/aromatic N) is 5. The Kier molecular flexibility index (Phi) is 5.11. The summed E-state index contributed by atoms with van der Waals surface area (Å²) in [4.78, 5) is 32.0. The van der Waals surface area contributed by atoms with Crippen molar-refractivity contribution in [3.05, 3.63) is 81.9 Å². The average Bonchev–Trinajstić information content (AvgIpc) is 3.38. The Morgan fingerprint density at radius 1 is 1.06 bits per heavy atom. The van der Waals surface area contributed by atoms with E-state index in [-0.39, 0.29) is 23.7 Å². The van der Waals surface area contributed by atoms with Gasteiger partial charge in [0.15, 0.2) is 0 Å². The molecule has 4 aromatic rings. The Balaban J connectivity index is 1.47. The highest BCUT2D eigenvalue weighted by Crippen LogP contribution is 2.33. The van der Waals surface area contributed by atoms with Crippen LogP contribution in [0.1, 0.15) is 34.2 Å². The van der Waals surface area contributed by atoms with Crippen molar-refractivity contribution in [2.75, 3.05) is 6.54 Å². The summed E-state index contributed by atoms with van der Waals surface area (Å²) in [6, 6.07) is 6.92. The van der Waals surface area contributed by atoms with Crippen molar-refractivity contribution in [2.24, 2.45) is 0 Å². The van der Waals surface area contributed by atoms with E-state index < -0.39 is 11.7 Å². The summed E-state index contributed by atoms with van der Waals surface area (Å²) in [6.45, 7) is 5.07. The van der Waals surface area contributed by atoms with Gasteiger partial charge in [-0.3, -0.25) is 9.59 Å². The largest absolute Gasteiger partial charge is 0.416 e. The maximum atomic E-state index is 13.2. The molecular formula is C24H22F3N5O2. The molecule has 0 spiro atoms. The van der Waals surface area contributed by atoms with Crippen LogP contribution in [0, 0.1) is 6.92 Å². The molecule has 1 aliphatic heterocycles. The minimum atomic E-state index is -4.43. The van der Waals surface area contributed by atoms with E-state index in [1.165, 1.54) is 10.6 Å². The number of rotatable bonds is 4. The monoisotopic (exact) mass is 469 g/mol. The van der Waals surface area contributed by atoms with Gasteiger partial charge in [0, 0.05) is 49.5 Å². The third-order valence-corrected chi connectivity index (χ3v) is 6.24. The zero-order valence-electron chi connectivity index (χ0n) is 18.6. The van der Waals surface area contributed by atoms with Crippen molar-refractivity contribution in [3.63, 3.8) is 0 Å². The van der Waals surface area contributed by atoms with Gasteiger partial charge in [0.2, 0.25) is 0 Å². The van der Waals surface area contributed by atoms with Crippen LogP contribution in [0.3, 0.4) is 0 Å². The highest BCUT2D eigenvalue weighted by atomic mass is 19.4. The van der Waals surface area contributed by atoms with Crippen molar-refractivity contribution >= 4 is 16.8 Å². The van der Waals surface area contributed by atoms with Crippen LogP contribution in [0.2, 0.25) is 0 Å². The number of carbonyl (C=O) groups is 1. The van der Waals surface area contributed by atoms with Gasteiger partial charge in [-0.1, -0.05) is 6.07 Å². The van der Waals surface area contributed by atoms with Crippen LogP contribution in [0.4, 0.5) is 13.2 Å². The zero-order chi connectivity index (χ0) is 24.2. The molecule has 3 aromatic heterocycles. The summed E-state index contributed by atoms with van der Waals surface area (Å²) in [5, 5.41) is 0.677. The van der Waals surface area contributed by atoms with Crippen molar-refractivity contribution < 1.29 is 18.0 Å². The molecule has 0 saturated carbocycles. The predicted octanol–water partition coefficient (Wildman–Crippen LogP) is 3.99. The summed E-state index contributed by atoms with van der Waals surface area (Å²) in [5.41, 5.74) is 1.75. The minimum absolute atomic E-state index is 0.240. The fourth-order valence-electron chi connectivity index (χ4n) is 4.50. The first kappa shape index (κ1) is 22.0. The molecule has 0 unspecified atom stereocenters. The van der Waals surface area contributed by atoms with Gasteiger partial charge in [0.25, 0.3) is 11.5 Å². The molecule has 7 nitrogen and oxygen atoms in total. The molecule has 5 rings (SSSR count). The van der Waals surface area contributed by atoms with Gasteiger partial charge < -0.3 is 18.6 Å². The third-order valence-electron chi connectivity index (χ3n) is 6.24. The molecule has 0 N–H and O–H groups in total. The van der Waals surface area contributed by atoms with Gasteiger partial charge in [-0.25, -0.2) is 4.98 Å². The molecule has 1 aromatic carbocycles. The van der Waals surface area contributed by atoms with Gasteiger partial charge in [0.1, 0.15) is 11.4 Å². The second-order valence-electron chi connectivity index (χ2n) is 8.38. The first-order valence-corrected chi connectivity index (χ1v) is 10.9. The Morgan fingerprint density at radius 2 is 1.85 bits per heavy atom. The normalized spacial score (nSPS) is 14.1. The number of aryl methyl sites for hydroxylation is 2. The van der Waals surface area contributed by atoms with Gasteiger partial charge in [-0.2, -0.15) is 13.2 Å². The van der Waals surface area contributed by atoms with Gasteiger partial charge in [0.05, 0.1) is 17.6 Å². The Hall–Kier alpha value is -3.82. The molecule has 0 fully saturated rings. The Morgan fingerprint density at radius 3 is 2.53 bits per heavy atom. The van der Waals surface area contributed by atoms with Crippen LogP contribution in [-0.4, -0.2) is 36.0 Å². The summed E-state index contributed by atoms with van der Waals surface area (Å²) >= 11 is 0. The summed E-state index contributed by atoms with van der Waals surface area (Å²) in [6.07, 6.45) is 0.674. The number of carbonyl (C=O) groups excluding carboxylic acids is 1. The number of amides is 1. The third kappa shape index (κ3) is 3.59. The molecule has 0 bridgehead atoms. The van der Waals surface area contributed by atoms with E-state index in [0.717, 1.165) is 23.4 Å². The minimum Gasteiger partial charge on any atom is -0.347 e. The van der Waals surface area contributed by atoms with E-state index in [0.29, 0.717) is 36.2 Å². The lowest BCUT2D eigenvalue weighted by Crippen LogP contribution is -2.44. The molecule has 4 heterocycles. The van der Waals surface area contributed by atoms with E-state index in [1.807, 2.05) is 13.8 Å². The number of pyridine rings is 1. The van der Waals surface area contributed by atoms with Gasteiger partial charge >= 0.3 is 6.18 Å². The molecule has 0 saturated heterocycles. The van der Waals surface area contributed by atoms with Crippen LogP contribution in [-0.2, 0) is 25.8 Å². The Bertz CT molecular complexity index is 1480. The van der Waals surface area contributed by atoms with Gasteiger partial charge in [-0.15, -0.1) is 0 Å². The molecule has 176 valence electrons. The van der Waals surface area contributed by atoms with E-state index in [2.05, 4.69) is 4.98 Å². The van der Waals surface area contributed by atoms with Crippen molar-refractivity contribution in [3.8, 4) is 5.69 Å². The molecule has 10 heteroatoms. The number of hydrogen-bond acceptors (Lipinski definition) is 3. The number of halogens is 3. The highest BCUT2D eigenvalue weighted by Gasteiger charge is 2.31. The number of alkyl halides is 3. The fraction of sp³-hybridized carbons (Fsp3) is 0.292. The second kappa shape index (κ2) is 7.89. The van der Waals surface area contributed by atoms with Crippen LogP contribution >= 0.6 is 0 Å². The average molecular weight is 469 g/mol. The standard InChI is InChI=1S/C24H22F3N5O2/c1-3-29-12-16(18-5-4-17(10-21(18)29)24(25,26)27)13-30-8-9-32-20(22(30)33)7-6-19(23(32)34)31-11-15(2)28-14-31/h4-7,10-12,14H,3,8-9,13H2,1-2H3. The molecule has 1 aliphatic rings. The van der Waals surface area contributed by atoms with E-state index in [1.54, 1.807) is 44.9 Å². The van der Waals surface area contributed by atoms with Crippen LogP contribution in [0.15, 0.2) is 53.8 Å². The molecule has 34 heavy (non-hydrogen) atoms. The molecule has 1 amide bonds. The lowest BCUT2D eigenvalue weighted by molar-refractivity contribution is -0.137. The van der Waals surface area contributed by atoms with Crippen molar-refractivity contribution in [1.29, 1.82) is 0 Å². The zero-order valence-corrected chi connectivity index (χ0v) is 18.6. The molecule has 0 atom stereocenters. The van der Waals surface area contributed by atoms with Crippen molar-refractivity contribution in [2.45, 2.75) is 39.7 Å². The molecule has 0 radical (unpaired) electrons. The van der Waals surface area contributed by atoms with Crippen molar-refractivity contribution in [1.82, 2.24) is 23.6 Å². The fourth-order valence-corrected chi connectivity index (χ4v) is 4.50. The quantitative estimate of drug-likeness (QED) is 0.454. The number of hydrogen-bond donors (Lipinski definition) is 0. The molecular weight excluding hydrogens is 447 g/mol. The van der Waals surface area contributed by atoms with Crippen LogP contribution in [0.5, 0.6) is 0 Å². The van der Waals surface area contributed by atoms with E-state index >= 15 is 0 Å². The van der Waals surface area contributed by atoms with Crippen LogP contribution < -0.4 is 5.56 Å². The van der Waals surface area contributed by atoms with Crippen LogP contribution in [0.25, 0.3) is 16.6 Å². The maximum Gasteiger partial charge on any atom is 0.416 e. The second-order valence-corrected chi connectivity index (χ2v) is 8.38.